The first-order valence-electron chi connectivity index (χ1n) is 7.88. The topological polar surface area (TPSA) is 75.7 Å². The Morgan fingerprint density at radius 1 is 1.04 bits per heavy atom. The Kier molecular flexibility index (Phi) is 6.43. The fourth-order valence-corrected chi connectivity index (χ4v) is 2.08. The van der Waals surface area contributed by atoms with Gasteiger partial charge in [0.15, 0.2) is 12.4 Å². The number of likely N-dealkylation sites (N-methyl/N-ethyl adjacent to an activating group) is 1. The van der Waals surface area contributed by atoms with Gasteiger partial charge in [0.05, 0.1) is 6.54 Å². The Labute approximate surface area is 150 Å². The molecule has 0 atom stereocenters. The summed E-state index contributed by atoms with van der Waals surface area (Å²) in [5.41, 5.74) is 0.998. The fraction of sp³-hybridized carbons (Fsp3) is 0.211. The first-order valence-corrected chi connectivity index (χ1v) is 7.88. The van der Waals surface area contributed by atoms with Crippen molar-refractivity contribution in [1.29, 1.82) is 0 Å². The predicted molar refractivity (Wildman–Crippen MR) is 94.6 cm³/mol. The van der Waals surface area contributed by atoms with E-state index in [-0.39, 0.29) is 24.8 Å². The van der Waals surface area contributed by atoms with E-state index in [0.29, 0.717) is 17.0 Å². The summed E-state index contributed by atoms with van der Waals surface area (Å²) in [6.45, 7) is 1.06. The van der Waals surface area contributed by atoms with Crippen LogP contribution in [0, 0.1) is 5.82 Å². The second-order valence-corrected chi connectivity index (χ2v) is 5.67. The molecule has 0 unspecified atom stereocenters. The smallest absolute Gasteiger partial charge is 0.260 e. The molecule has 1 N–H and O–H groups in total. The number of hydrogen-bond acceptors (Lipinski definition) is 4. The van der Waals surface area contributed by atoms with Crippen molar-refractivity contribution in [3.05, 3.63) is 59.9 Å². The molecule has 0 heterocycles. The number of rotatable bonds is 7. The molecule has 26 heavy (non-hydrogen) atoms. The van der Waals surface area contributed by atoms with Gasteiger partial charge in [0.2, 0.25) is 5.91 Å². The van der Waals surface area contributed by atoms with Crippen LogP contribution in [0.15, 0.2) is 48.5 Å². The largest absolute Gasteiger partial charge is 0.484 e. The molecule has 2 aromatic rings. The lowest BCUT2D eigenvalue weighted by atomic mass is 10.1. The molecule has 0 saturated heterocycles. The summed E-state index contributed by atoms with van der Waals surface area (Å²) in [6, 6.07) is 11.8. The quantitative estimate of drug-likeness (QED) is 0.772. The van der Waals surface area contributed by atoms with E-state index in [0.717, 1.165) is 0 Å². The lowest BCUT2D eigenvalue weighted by molar-refractivity contribution is -0.135. The Bertz CT molecular complexity index is 788. The molecule has 0 spiro atoms. The van der Waals surface area contributed by atoms with Crippen LogP contribution in [0.5, 0.6) is 5.75 Å². The van der Waals surface area contributed by atoms with Crippen molar-refractivity contribution in [1.82, 2.24) is 4.90 Å². The summed E-state index contributed by atoms with van der Waals surface area (Å²) >= 11 is 0. The number of ether oxygens (including phenoxy) is 1. The van der Waals surface area contributed by atoms with Crippen LogP contribution in [0.4, 0.5) is 10.1 Å². The summed E-state index contributed by atoms with van der Waals surface area (Å²) in [6.07, 6.45) is 0. The van der Waals surface area contributed by atoms with Crippen LogP contribution < -0.4 is 10.1 Å². The highest BCUT2D eigenvalue weighted by Crippen LogP contribution is 2.13. The van der Waals surface area contributed by atoms with Crippen molar-refractivity contribution >= 4 is 23.3 Å². The zero-order chi connectivity index (χ0) is 19.1. The lowest BCUT2D eigenvalue weighted by Crippen LogP contribution is -2.37. The van der Waals surface area contributed by atoms with Gasteiger partial charge in [-0.3, -0.25) is 14.4 Å². The third kappa shape index (κ3) is 5.70. The molecule has 7 heteroatoms. The van der Waals surface area contributed by atoms with Gasteiger partial charge in [-0.25, -0.2) is 4.39 Å². The third-order valence-corrected chi connectivity index (χ3v) is 3.56. The fourth-order valence-electron chi connectivity index (χ4n) is 2.08. The monoisotopic (exact) mass is 358 g/mol. The highest BCUT2D eigenvalue weighted by atomic mass is 19.1. The number of halogens is 1. The molecule has 0 aromatic heterocycles. The number of anilines is 1. The summed E-state index contributed by atoms with van der Waals surface area (Å²) in [4.78, 5) is 36.4. The van der Waals surface area contributed by atoms with E-state index in [1.165, 1.54) is 43.1 Å². The summed E-state index contributed by atoms with van der Waals surface area (Å²) in [5, 5.41) is 2.57. The van der Waals surface area contributed by atoms with Gasteiger partial charge in [-0.05, 0) is 55.5 Å². The number of nitrogens with one attached hydrogen (secondary N) is 1. The van der Waals surface area contributed by atoms with Crippen LogP contribution in [0.2, 0.25) is 0 Å². The predicted octanol–water partition coefficient (Wildman–Crippen LogP) is 2.50. The zero-order valence-electron chi connectivity index (χ0n) is 14.5. The minimum Gasteiger partial charge on any atom is -0.484 e. The van der Waals surface area contributed by atoms with Crippen molar-refractivity contribution in [2.45, 2.75) is 6.92 Å². The molecule has 6 nitrogen and oxygen atoms in total. The minimum absolute atomic E-state index is 0.0560. The number of hydrogen-bond donors (Lipinski definition) is 1. The van der Waals surface area contributed by atoms with E-state index in [1.54, 1.807) is 24.3 Å². The van der Waals surface area contributed by atoms with Crippen molar-refractivity contribution < 1.29 is 23.5 Å². The van der Waals surface area contributed by atoms with Crippen molar-refractivity contribution in [2.24, 2.45) is 0 Å². The highest BCUT2D eigenvalue weighted by Gasteiger charge is 2.14. The van der Waals surface area contributed by atoms with Gasteiger partial charge in [0.25, 0.3) is 5.91 Å². The van der Waals surface area contributed by atoms with Gasteiger partial charge >= 0.3 is 0 Å². The molecule has 0 bridgehead atoms. The number of carbonyl (C=O) groups is 3. The van der Waals surface area contributed by atoms with Crippen LogP contribution in [-0.2, 0) is 9.59 Å². The Morgan fingerprint density at radius 2 is 1.65 bits per heavy atom. The number of nitrogens with zero attached hydrogens (tertiary/aromatic N) is 1. The van der Waals surface area contributed by atoms with Gasteiger partial charge in [-0.2, -0.15) is 0 Å². The van der Waals surface area contributed by atoms with E-state index in [2.05, 4.69) is 5.32 Å². The normalized spacial score (nSPS) is 10.1. The van der Waals surface area contributed by atoms with Crippen LogP contribution in [0.1, 0.15) is 17.3 Å². The second kappa shape index (κ2) is 8.75. The molecule has 2 aromatic carbocycles. The average molecular weight is 358 g/mol. The first-order chi connectivity index (χ1) is 12.3. The van der Waals surface area contributed by atoms with Crippen molar-refractivity contribution in [2.75, 3.05) is 25.5 Å². The third-order valence-electron chi connectivity index (χ3n) is 3.56. The Balaban J connectivity index is 1.80. The zero-order valence-corrected chi connectivity index (χ0v) is 14.5. The lowest BCUT2D eigenvalue weighted by Gasteiger charge is -2.17. The molecular formula is C19H19FN2O4. The summed E-state index contributed by atoms with van der Waals surface area (Å²) in [5.74, 6) is -0.788. The van der Waals surface area contributed by atoms with Crippen molar-refractivity contribution in [3.63, 3.8) is 0 Å². The number of amides is 2. The van der Waals surface area contributed by atoms with E-state index in [9.17, 15) is 18.8 Å². The molecule has 0 aliphatic heterocycles. The van der Waals surface area contributed by atoms with E-state index in [1.807, 2.05) is 0 Å². The molecule has 0 aliphatic carbocycles. The van der Waals surface area contributed by atoms with Gasteiger partial charge in [-0.15, -0.1) is 0 Å². The van der Waals surface area contributed by atoms with Crippen LogP contribution in [-0.4, -0.2) is 42.7 Å². The van der Waals surface area contributed by atoms with Gasteiger partial charge in [0, 0.05) is 18.3 Å². The summed E-state index contributed by atoms with van der Waals surface area (Å²) in [7, 11) is 1.48. The van der Waals surface area contributed by atoms with Gasteiger partial charge < -0.3 is 15.0 Å². The van der Waals surface area contributed by atoms with Crippen LogP contribution in [0.3, 0.4) is 0 Å². The molecule has 0 aliphatic rings. The molecule has 2 amide bonds. The number of benzene rings is 2. The first kappa shape index (κ1) is 19.1. The molecule has 136 valence electrons. The highest BCUT2D eigenvalue weighted by molar-refractivity contribution is 5.95. The molecule has 0 saturated carbocycles. The number of ketones is 1. The maximum Gasteiger partial charge on any atom is 0.260 e. The van der Waals surface area contributed by atoms with Gasteiger partial charge in [-0.1, -0.05) is 0 Å². The Morgan fingerprint density at radius 3 is 2.23 bits per heavy atom. The molecule has 0 radical (unpaired) electrons. The van der Waals surface area contributed by atoms with Gasteiger partial charge in [0.1, 0.15) is 11.6 Å². The number of Topliss-reactive ketones (excluding diaryl/α,β-unsaturated/α-hetero) is 1. The summed E-state index contributed by atoms with van der Waals surface area (Å²) < 4.78 is 18.2. The van der Waals surface area contributed by atoms with E-state index in [4.69, 9.17) is 4.74 Å². The molecule has 2 rings (SSSR count). The Hall–Kier alpha value is -3.22. The molecule has 0 fully saturated rings. The maximum atomic E-state index is 12.8. The SMILES string of the molecule is CC(=O)c1ccc(OCC(=O)N(C)CC(=O)Nc2ccc(F)cc2)cc1. The van der Waals surface area contributed by atoms with Crippen molar-refractivity contribution in [3.8, 4) is 5.75 Å². The second-order valence-electron chi connectivity index (χ2n) is 5.67. The minimum atomic E-state index is -0.404. The maximum absolute atomic E-state index is 12.8. The number of carbonyl (C=O) groups excluding carboxylic acids is 3. The average Bonchev–Trinajstić information content (AvgIpc) is 2.61. The van der Waals surface area contributed by atoms with E-state index >= 15 is 0 Å². The van der Waals surface area contributed by atoms with E-state index < -0.39 is 11.7 Å². The van der Waals surface area contributed by atoms with Crippen LogP contribution in [0.25, 0.3) is 0 Å². The molecular weight excluding hydrogens is 339 g/mol. The standard InChI is InChI=1S/C19H19FN2O4/c1-13(23)14-3-9-17(10-4-14)26-12-19(25)22(2)11-18(24)21-16-7-5-15(20)6-8-16/h3-10H,11-12H2,1-2H3,(H,21,24). The van der Waals surface area contributed by atoms with Crippen LogP contribution >= 0.6 is 0 Å².